The fourth-order valence-corrected chi connectivity index (χ4v) is 2.84. The van der Waals surface area contributed by atoms with Gasteiger partial charge in [0.2, 0.25) is 0 Å². The van der Waals surface area contributed by atoms with Crippen LogP contribution < -0.4 is 0 Å². The molecule has 1 N–H and O–H groups in total. The molecule has 1 aliphatic rings. The van der Waals surface area contributed by atoms with Gasteiger partial charge in [-0.05, 0) is 12.5 Å². The molecule has 0 spiro atoms. The second-order valence-corrected chi connectivity index (χ2v) is 4.87. The van der Waals surface area contributed by atoms with Gasteiger partial charge in [0.15, 0.2) is 5.78 Å². The van der Waals surface area contributed by atoms with Crippen LogP contribution in [0.25, 0.3) is 0 Å². The number of nitrogens with zero attached hydrogens (tertiary/aromatic N) is 1. The molecule has 0 aliphatic carbocycles. The maximum Gasteiger partial charge on any atom is 0.414 e. The highest BCUT2D eigenvalue weighted by Crippen LogP contribution is 2.31. The molecule has 1 aliphatic heterocycles. The number of rotatable bonds is 2. The molecule has 0 aromatic rings. The number of carbonyl (C=O) groups is 3. The smallest absolute Gasteiger partial charge is 0.414 e. The molecule has 0 atom stereocenters. The SMILES string of the molecule is CSC(SC)=C1C(=O)CCN(C(=O)O)C1=O. The molecule has 0 bridgehead atoms. The largest absolute Gasteiger partial charge is 0.465 e. The number of likely N-dealkylation sites (tertiary alicyclic amines) is 1. The Balaban J connectivity index is 3.15. The number of amides is 2. The van der Waals surface area contributed by atoms with Crippen molar-refractivity contribution < 1.29 is 19.5 Å². The molecule has 0 aromatic heterocycles. The third-order valence-corrected chi connectivity index (χ3v) is 4.26. The van der Waals surface area contributed by atoms with Crippen molar-refractivity contribution in [3.05, 3.63) is 9.81 Å². The summed E-state index contributed by atoms with van der Waals surface area (Å²) in [7, 11) is 0. The quantitative estimate of drug-likeness (QED) is 0.598. The highest BCUT2D eigenvalue weighted by molar-refractivity contribution is 8.21. The van der Waals surface area contributed by atoms with E-state index in [1.807, 2.05) is 0 Å². The maximum absolute atomic E-state index is 11.8. The van der Waals surface area contributed by atoms with Crippen LogP contribution in [0.1, 0.15) is 6.42 Å². The normalized spacial score (nSPS) is 16.6. The summed E-state index contributed by atoms with van der Waals surface area (Å²) in [4.78, 5) is 34.8. The average Bonchev–Trinajstić information content (AvgIpc) is 2.23. The molecule has 2 amide bonds. The summed E-state index contributed by atoms with van der Waals surface area (Å²) in [5.41, 5.74) is 0.00801. The van der Waals surface area contributed by atoms with Crippen LogP contribution in [0.4, 0.5) is 4.79 Å². The van der Waals surface area contributed by atoms with Gasteiger partial charge in [0, 0.05) is 13.0 Å². The Morgan fingerprint density at radius 2 is 1.88 bits per heavy atom. The molecule has 5 nitrogen and oxygen atoms in total. The van der Waals surface area contributed by atoms with E-state index in [9.17, 15) is 14.4 Å². The predicted octanol–water partition coefficient (Wildman–Crippen LogP) is 1.40. The fraction of sp³-hybridized carbons (Fsp3) is 0.444. The van der Waals surface area contributed by atoms with E-state index in [-0.39, 0.29) is 24.3 Å². The van der Waals surface area contributed by atoms with Crippen molar-refractivity contribution in [1.29, 1.82) is 0 Å². The zero-order chi connectivity index (χ0) is 12.3. The van der Waals surface area contributed by atoms with E-state index in [2.05, 4.69) is 0 Å². The van der Waals surface area contributed by atoms with Crippen molar-refractivity contribution in [2.24, 2.45) is 0 Å². The molecule has 1 heterocycles. The van der Waals surface area contributed by atoms with Gasteiger partial charge in [-0.3, -0.25) is 9.59 Å². The molecule has 0 unspecified atom stereocenters. The van der Waals surface area contributed by atoms with Crippen molar-refractivity contribution >= 4 is 41.3 Å². The number of Topliss-reactive ketones (excluding diaryl/α,β-unsaturated/α-hetero) is 1. The number of piperidine rings is 1. The van der Waals surface area contributed by atoms with Gasteiger partial charge in [0.05, 0.1) is 4.24 Å². The van der Waals surface area contributed by atoms with Gasteiger partial charge in [0.25, 0.3) is 5.91 Å². The minimum atomic E-state index is -1.31. The van der Waals surface area contributed by atoms with E-state index < -0.39 is 12.0 Å². The van der Waals surface area contributed by atoms with E-state index in [0.717, 1.165) is 0 Å². The lowest BCUT2D eigenvalue weighted by molar-refractivity contribution is -0.131. The Hall–Kier alpha value is -0.950. The molecule has 0 saturated carbocycles. The van der Waals surface area contributed by atoms with Crippen LogP contribution in [-0.2, 0) is 9.59 Å². The molecule has 88 valence electrons. The summed E-state index contributed by atoms with van der Waals surface area (Å²) in [6, 6.07) is 0. The second-order valence-electron chi connectivity index (χ2n) is 2.98. The van der Waals surface area contributed by atoms with E-state index in [1.165, 1.54) is 23.5 Å². The van der Waals surface area contributed by atoms with Gasteiger partial charge < -0.3 is 5.11 Å². The lowest BCUT2D eigenvalue weighted by Gasteiger charge is -2.24. The molecule has 0 aromatic carbocycles. The van der Waals surface area contributed by atoms with Crippen molar-refractivity contribution in [2.75, 3.05) is 19.1 Å². The summed E-state index contributed by atoms with van der Waals surface area (Å²) in [6.07, 6.45) is 2.26. The van der Waals surface area contributed by atoms with E-state index in [0.29, 0.717) is 9.14 Å². The van der Waals surface area contributed by atoms with Crippen LogP contribution in [0, 0.1) is 0 Å². The fourth-order valence-electron chi connectivity index (χ4n) is 1.37. The highest BCUT2D eigenvalue weighted by Gasteiger charge is 2.35. The van der Waals surface area contributed by atoms with E-state index >= 15 is 0 Å². The molecule has 7 heteroatoms. The Labute approximate surface area is 101 Å². The highest BCUT2D eigenvalue weighted by atomic mass is 32.2. The van der Waals surface area contributed by atoms with Crippen molar-refractivity contribution in [2.45, 2.75) is 6.42 Å². The van der Waals surface area contributed by atoms with Gasteiger partial charge >= 0.3 is 6.09 Å². The minimum absolute atomic E-state index is 0.00801. The zero-order valence-corrected chi connectivity index (χ0v) is 10.5. The Morgan fingerprint density at radius 3 is 2.31 bits per heavy atom. The van der Waals surface area contributed by atoms with Gasteiger partial charge in [0.1, 0.15) is 5.57 Å². The van der Waals surface area contributed by atoms with Crippen LogP contribution in [-0.4, -0.2) is 46.8 Å². The number of thioether (sulfide) groups is 2. The monoisotopic (exact) mass is 261 g/mol. The number of ketones is 1. The van der Waals surface area contributed by atoms with E-state index in [1.54, 1.807) is 12.5 Å². The molecular weight excluding hydrogens is 250 g/mol. The average molecular weight is 261 g/mol. The standard InChI is InChI=1S/C9H11NO4S2/c1-15-8(16-2)6-5(11)3-4-10(7(6)12)9(13)14/h3-4H2,1-2H3,(H,13,14). The predicted molar refractivity (Wildman–Crippen MR) is 63.4 cm³/mol. The van der Waals surface area contributed by atoms with Crippen LogP contribution in [0.5, 0.6) is 0 Å². The van der Waals surface area contributed by atoms with Crippen molar-refractivity contribution in [1.82, 2.24) is 4.90 Å². The molecular formula is C9H11NO4S2. The molecule has 0 radical (unpaired) electrons. The van der Waals surface area contributed by atoms with Crippen LogP contribution in [0.15, 0.2) is 9.81 Å². The van der Waals surface area contributed by atoms with Crippen LogP contribution in [0.3, 0.4) is 0 Å². The number of imide groups is 1. The first-order valence-electron chi connectivity index (χ1n) is 4.43. The lowest BCUT2D eigenvalue weighted by atomic mass is 10.0. The maximum atomic E-state index is 11.8. The van der Waals surface area contributed by atoms with Crippen molar-refractivity contribution in [3.63, 3.8) is 0 Å². The summed E-state index contributed by atoms with van der Waals surface area (Å²) in [5.74, 6) is -0.983. The van der Waals surface area contributed by atoms with Crippen LogP contribution in [0.2, 0.25) is 0 Å². The summed E-state index contributed by atoms with van der Waals surface area (Å²) < 4.78 is 0.570. The summed E-state index contributed by atoms with van der Waals surface area (Å²) in [5, 5.41) is 8.80. The Bertz CT molecular complexity index is 372. The first-order chi connectivity index (χ1) is 7.52. The molecule has 1 saturated heterocycles. The van der Waals surface area contributed by atoms with E-state index in [4.69, 9.17) is 5.11 Å². The van der Waals surface area contributed by atoms with Gasteiger partial charge in [-0.2, -0.15) is 0 Å². The summed E-state index contributed by atoms with van der Waals surface area (Å²) >= 11 is 2.56. The number of carboxylic acid groups (broad SMARTS) is 1. The lowest BCUT2D eigenvalue weighted by Crippen LogP contribution is -2.44. The number of hydrogen-bond acceptors (Lipinski definition) is 5. The zero-order valence-electron chi connectivity index (χ0n) is 8.85. The Kier molecular flexibility index (Phi) is 4.43. The second kappa shape index (κ2) is 5.40. The number of carbonyl (C=O) groups excluding carboxylic acids is 2. The summed E-state index contributed by atoms with van der Waals surface area (Å²) in [6.45, 7) is -0.0491. The number of hydrogen-bond donors (Lipinski definition) is 1. The van der Waals surface area contributed by atoms with Crippen LogP contribution >= 0.6 is 23.5 Å². The first-order valence-corrected chi connectivity index (χ1v) is 6.88. The third-order valence-electron chi connectivity index (χ3n) is 2.11. The van der Waals surface area contributed by atoms with Gasteiger partial charge in [-0.25, -0.2) is 9.69 Å². The third kappa shape index (κ3) is 2.41. The topological polar surface area (TPSA) is 74.7 Å². The molecule has 1 rings (SSSR count). The minimum Gasteiger partial charge on any atom is -0.465 e. The van der Waals surface area contributed by atoms with Crippen molar-refractivity contribution in [3.8, 4) is 0 Å². The Morgan fingerprint density at radius 1 is 1.31 bits per heavy atom. The molecule has 1 fully saturated rings. The first kappa shape index (κ1) is 13.1. The molecule has 16 heavy (non-hydrogen) atoms. The van der Waals surface area contributed by atoms with Gasteiger partial charge in [-0.15, -0.1) is 23.5 Å². The van der Waals surface area contributed by atoms with Gasteiger partial charge in [-0.1, -0.05) is 0 Å².